The van der Waals surface area contributed by atoms with Crippen LogP contribution in [-0.4, -0.2) is 11.1 Å². The Hall–Kier alpha value is -1.78. The van der Waals surface area contributed by atoms with Crippen molar-refractivity contribution in [3.8, 4) is 0 Å². The lowest BCUT2D eigenvalue weighted by molar-refractivity contribution is -0.138. The first-order valence-electron chi connectivity index (χ1n) is 4.40. The summed E-state index contributed by atoms with van der Waals surface area (Å²) in [5.41, 5.74) is -0.873. The van der Waals surface area contributed by atoms with Crippen molar-refractivity contribution in [1.29, 1.82) is 0 Å². The van der Waals surface area contributed by atoms with Gasteiger partial charge in [-0.1, -0.05) is 18.2 Å². The van der Waals surface area contributed by atoms with Crippen molar-refractivity contribution in [3.05, 3.63) is 41.0 Å². The second-order valence-electron chi connectivity index (χ2n) is 3.21. The Morgan fingerprint density at radius 1 is 1.38 bits per heavy atom. The molecule has 0 fully saturated rings. The standard InChI is InChI=1S/C11H9F3O2/c1-7-3-2-4-8(5-6-9(15)16)10(7)11(12,13)14/h2-6H,1H3,(H,15,16)/b6-5+. The monoisotopic (exact) mass is 230 g/mol. The van der Waals surface area contributed by atoms with Gasteiger partial charge in [-0.15, -0.1) is 0 Å². The molecule has 1 aromatic carbocycles. The van der Waals surface area contributed by atoms with Crippen molar-refractivity contribution < 1.29 is 23.1 Å². The molecule has 0 heterocycles. The van der Waals surface area contributed by atoms with Gasteiger partial charge in [0.05, 0.1) is 5.56 Å². The lowest BCUT2D eigenvalue weighted by atomic mass is 10.0. The van der Waals surface area contributed by atoms with Crippen LogP contribution in [-0.2, 0) is 11.0 Å². The molecule has 1 N–H and O–H groups in total. The molecule has 5 heteroatoms. The maximum atomic E-state index is 12.7. The van der Waals surface area contributed by atoms with Crippen molar-refractivity contribution in [2.75, 3.05) is 0 Å². The molecule has 1 rings (SSSR count). The van der Waals surface area contributed by atoms with Gasteiger partial charge in [0, 0.05) is 6.08 Å². The van der Waals surface area contributed by atoms with Gasteiger partial charge in [-0.05, 0) is 24.1 Å². The maximum absolute atomic E-state index is 12.7. The molecule has 0 bridgehead atoms. The van der Waals surface area contributed by atoms with Crippen LogP contribution < -0.4 is 0 Å². The summed E-state index contributed by atoms with van der Waals surface area (Å²) in [7, 11) is 0. The Kier molecular flexibility index (Phi) is 3.37. The summed E-state index contributed by atoms with van der Waals surface area (Å²) >= 11 is 0. The van der Waals surface area contributed by atoms with Crippen molar-refractivity contribution in [2.45, 2.75) is 13.1 Å². The third-order valence-corrected chi connectivity index (χ3v) is 1.99. The van der Waals surface area contributed by atoms with Crippen LogP contribution in [0.25, 0.3) is 6.08 Å². The lowest BCUT2D eigenvalue weighted by Gasteiger charge is -2.12. The first-order chi connectivity index (χ1) is 7.32. The summed E-state index contributed by atoms with van der Waals surface area (Å²) in [6.07, 6.45) is -2.86. The summed E-state index contributed by atoms with van der Waals surface area (Å²) in [6, 6.07) is 4.02. The molecule has 0 aromatic heterocycles. The largest absolute Gasteiger partial charge is 0.478 e. The van der Waals surface area contributed by atoms with Crippen LogP contribution >= 0.6 is 0 Å². The minimum absolute atomic E-state index is 0.0695. The zero-order valence-corrected chi connectivity index (χ0v) is 8.38. The number of carbonyl (C=O) groups is 1. The summed E-state index contributed by atoms with van der Waals surface area (Å²) in [5, 5.41) is 8.37. The van der Waals surface area contributed by atoms with Crippen LogP contribution in [0.5, 0.6) is 0 Å². The number of aliphatic carboxylic acids is 1. The van der Waals surface area contributed by atoms with Gasteiger partial charge in [-0.3, -0.25) is 0 Å². The number of carboxylic acids is 1. The first kappa shape index (κ1) is 12.3. The molecule has 1 aromatic rings. The lowest BCUT2D eigenvalue weighted by Crippen LogP contribution is -2.09. The molecule has 0 radical (unpaired) electrons. The molecule has 0 unspecified atom stereocenters. The Morgan fingerprint density at radius 3 is 2.50 bits per heavy atom. The third kappa shape index (κ3) is 2.85. The van der Waals surface area contributed by atoms with Crippen molar-refractivity contribution in [2.24, 2.45) is 0 Å². The molecule has 0 saturated heterocycles. The van der Waals surface area contributed by atoms with Gasteiger partial charge in [0.15, 0.2) is 0 Å². The second-order valence-corrected chi connectivity index (χ2v) is 3.21. The van der Waals surface area contributed by atoms with Gasteiger partial charge in [0.2, 0.25) is 0 Å². The molecule has 0 aliphatic rings. The van der Waals surface area contributed by atoms with E-state index >= 15 is 0 Å². The average Bonchev–Trinajstić information content (AvgIpc) is 2.12. The Balaban J connectivity index is 3.29. The molecule has 0 amide bonds. The molecule has 0 spiro atoms. The summed E-state index contributed by atoms with van der Waals surface area (Å²) < 4.78 is 38.0. The summed E-state index contributed by atoms with van der Waals surface area (Å²) in [6.45, 7) is 1.33. The smallest absolute Gasteiger partial charge is 0.417 e. The number of carboxylic acid groups (broad SMARTS) is 1. The van der Waals surface area contributed by atoms with E-state index in [0.29, 0.717) is 6.08 Å². The van der Waals surface area contributed by atoms with Gasteiger partial charge >= 0.3 is 12.1 Å². The van der Waals surface area contributed by atoms with Gasteiger partial charge in [0.1, 0.15) is 0 Å². The maximum Gasteiger partial charge on any atom is 0.417 e. The normalized spacial score (nSPS) is 12.0. The van der Waals surface area contributed by atoms with Crippen molar-refractivity contribution in [1.82, 2.24) is 0 Å². The average molecular weight is 230 g/mol. The molecule has 86 valence electrons. The van der Waals surface area contributed by atoms with Crippen LogP contribution in [0.4, 0.5) is 13.2 Å². The first-order valence-corrected chi connectivity index (χ1v) is 4.40. The number of halogens is 3. The quantitative estimate of drug-likeness (QED) is 0.792. The van der Waals surface area contributed by atoms with Gasteiger partial charge < -0.3 is 5.11 Å². The number of aryl methyl sites for hydroxylation is 1. The van der Waals surface area contributed by atoms with Crippen molar-refractivity contribution >= 4 is 12.0 Å². The fraction of sp³-hybridized carbons (Fsp3) is 0.182. The topological polar surface area (TPSA) is 37.3 Å². The van der Waals surface area contributed by atoms with E-state index in [-0.39, 0.29) is 11.1 Å². The number of benzene rings is 1. The predicted octanol–water partition coefficient (Wildman–Crippen LogP) is 3.11. The number of hydrogen-bond donors (Lipinski definition) is 1. The molecule has 0 aliphatic carbocycles. The van der Waals surface area contributed by atoms with Crippen molar-refractivity contribution in [3.63, 3.8) is 0 Å². The van der Waals surface area contributed by atoms with Crippen LogP contribution in [0.1, 0.15) is 16.7 Å². The minimum atomic E-state index is -4.48. The summed E-state index contributed by atoms with van der Waals surface area (Å²) in [4.78, 5) is 10.3. The highest BCUT2D eigenvalue weighted by Crippen LogP contribution is 2.34. The molecular formula is C11H9F3O2. The van der Waals surface area contributed by atoms with Crippen LogP contribution in [0, 0.1) is 6.92 Å². The Bertz CT molecular complexity index is 433. The predicted molar refractivity (Wildman–Crippen MR) is 52.9 cm³/mol. The highest BCUT2D eigenvalue weighted by molar-refractivity contribution is 5.85. The fourth-order valence-corrected chi connectivity index (χ4v) is 1.38. The van der Waals surface area contributed by atoms with E-state index in [1.54, 1.807) is 0 Å². The van der Waals surface area contributed by atoms with Gasteiger partial charge in [-0.2, -0.15) is 13.2 Å². The van der Waals surface area contributed by atoms with E-state index in [9.17, 15) is 18.0 Å². The number of hydrogen-bond acceptors (Lipinski definition) is 1. The van der Waals surface area contributed by atoms with E-state index in [0.717, 1.165) is 6.08 Å². The number of alkyl halides is 3. The molecule has 0 atom stereocenters. The second kappa shape index (κ2) is 4.38. The zero-order valence-electron chi connectivity index (χ0n) is 8.38. The third-order valence-electron chi connectivity index (χ3n) is 1.99. The van der Waals surface area contributed by atoms with Gasteiger partial charge in [0.25, 0.3) is 0 Å². The Morgan fingerprint density at radius 2 is 2.00 bits per heavy atom. The van der Waals surface area contributed by atoms with E-state index in [2.05, 4.69) is 0 Å². The molecule has 16 heavy (non-hydrogen) atoms. The zero-order chi connectivity index (χ0) is 12.3. The highest BCUT2D eigenvalue weighted by Gasteiger charge is 2.34. The van der Waals surface area contributed by atoms with Crippen LogP contribution in [0.3, 0.4) is 0 Å². The van der Waals surface area contributed by atoms with Gasteiger partial charge in [-0.25, -0.2) is 4.79 Å². The minimum Gasteiger partial charge on any atom is -0.478 e. The molecule has 0 aliphatic heterocycles. The van der Waals surface area contributed by atoms with E-state index < -0.39 is 17.7 Å². The Labute approximate surface area is 90.0 Å². The van der Waals surface area contributed by atoms with E-state index in [1.165, 1.54) is 25.1 Å². The SMILES string of the molecule is Cc1cccc(/C=C/C(=O)O)c1C(F)(F)F. The fourth-order valence-electron chi connectivity index (χ4n) is 1.38. The van der Waals surface area contributed by atoms with Crippen LogP contribution in [0.2, 0.25) is 0 Å². The summed E-state index contributed by atoms with van der Waals surface area (Å²) in [5.74, 6) is -1.28. The molecule has 0 saturated carbocycles. The van der Waals surface area contributed by atoms with E-state index in [4.69, 9.17) is 5.11 Å². The van der Waals surface area contributed by atoms with E-state index in [1.807, 2.05) is 0 Å². The number of rotatable bonds is 2. The highest BCUT2D eigenvalue weighted by atomic mass is 19.4. The molecular weight excluding hydrogens is 221 g/mol. The van der Waals surface area contributed by atoms with Crippen LogP contribution in [0.15, 0.2) is 24.3 Å². The molecule has 2 nitrogen and oxygen atoms in total.